The lowest BCUT2D eigenvalue weighted by atomic mass is 10.3. The average molecular weight is 190 g/mol. The second kappa shape index (κ2) is 3.02. The van der Waals surface area contributed by atoms with Crippen molar-refractivity contribution in [3.05, 3.63) is 24.0 Å². The van der Waals surface area contributed by atoms with E-state index in [0.717, 1.165) is 0 Å². The molecule has 0 saturated heterocycles. The lowest BCUT2D eigenvalue weighted by Crippen LogP contribution is -2.00. The molecule has 1 amide bonds. The van der Waals surface area contributed by atoms with Crippen molar-refractivity contribution in [3.63, 3.8) is 0 Å². The maximum absolute atomic E-state index is 10.7. The molecule has 1 aromatic heterocycles. The second-order valence-corrected chi connectivity index (χ2v) is 2.77. The predicted molar refractivity (Wildman–Crippen MR) is 50.1 cm³/mol. The monoisotopic (exact) mass is 190 g/mol. The van der Waals surface area contributed by atoms with Gasteiger partial charge in [0, 0.05) is 0 Å². The number of aromatic nitrogens is 2. The lowest BCUT2D eigenvalue weighted by Gasteiger charge is -1.97. The predicted octanol–water partition coefficient (Wildman–Crippen LogP) is 0.995. The fourth-order valence-corrected chi connectivity index (χ4v) is 1.28. The Bertz CT molecular complexity index is 490. The van der Waals surface area contributed by atoms with E-state index in [2.05, 4.69) is 9.97 Å². The standard InChI is InChI=1S/C9H8N3O2/c1-14-6-4-2-3-5-7(6)12-9(11-5)8(10)13/h2-4,10H,1H3,(H,11,12). The van der Waals surface area contributed by atoms with E-state index in [1.807, 2.05) is 0 Å². The number of H-pyrrole nitrogens is 1. The highest BCUT2D eigenvalue weighted by Gasteiger charge is 2.10. The van der Waals surface area contributed by atoms with Crippen LogP contribution in [0.1, 0.15) is 10.6 Å². The van der Waals surface area contributed by atoms with Crippen molar-refractivity contribution in [2.24, 2.45) is 0 Å². The van der Waals surface area contributed by atoms with E-state index in [-0.39, 0.29) is 5.82 Å². The minimum absolute atomic E-state index is 0.0319. The summed E-state index contributed by atoms with van der Waals surface area (Å²) in [5, 5.41) is 0. The first kappa shape index (κ1) is 8.55. The summed E-state index contributed by atoms with van der Waals surface area (Å²) in [4.78, 5) is 17.5. The van der Waals surface area contributed by atoms with Crippen LogP contribution in [-0.4, -0.2) is 23.0 Å². The molecule has 5 nitrogen and oxygen atoms in total. The van der Waals surface area contributed by atoms with Crippen molar-refractivity contribution >= 4 is 16.9 Å². The van der Waals surface area contributed by atoms with E-state index in [1.165, 1.54) is 7.11 Å². The van der Waals surface area contributed by atoms with Gasteiger partial charge in [-0.2, -0.15) is 0 Å². The molecular formula is C9H8N3O2. The van der Waals surface area contributed by atoms with Crippen LogP contribution in [0, 0.1) is 0 Å². The summed E-state index contributed by atoms with van der Waals surface area (Å²) in [6, 6.07) is 5.32. The number of nitrogens with one attached hydrogen (secondary N) is 2. The van der Waals surface area contributed by atoms with Crippen LogP contribution >= 0.6 is 0 Å². The highest BCUT2D eigenvalue weighted by molar-refractivity contribution is 5.93. The van der Waals surface area contributed by atoms with Crippen molar-refractivity contribution in [1.82, 2.24) is 15.7 Å². The fraction of sp³-hybridized carbons (Fsp3) is 0.111. The Morgan fingerprint density at radius 1 is 1.57 bits per heavy atom. The van der Waals surface area contributed by atoms with E-state index in [9.17, 15) is 4.79 Å². The molecule has 5 heteroatoms. The number of fused-ring (bicyclic) bond motifs is 1. The number of ether oxygens (including phenoxy) is 1. The Balaban J connectivity index is 2.70. The molecule has 1 aromatic carbocycles. The molecule has 0 aliphatic carbocycles. The summed E-state index contributed by atoms with van der Waals surface area (Å²) in [7, 11) is 1.53. The molecule has 2 rings (SSSR count). The first-order chi connectivity index (χ1) is 6.72. The molecule has 0 atom stereocenters. The molecule has 1 radical (unpaired) electrons. The largest absolute Gasteiger partial charge is 0.494 e. The zero-order valence-electron chi connectivity index (χ0n) is 7.50. The average Bonchev–Trinajstić information content (AvgIpc) is 2.60. The summed E-state index contributed by atoms with van der Waals surface area (Å²) in [5.41, 5.74) is 8.17. The summed E-state index contributed by atoms with van der Waals surface area (Å²) in [5.74, 6) is -0.209. The number of hydrogen-bond donors (Lipinski definition) is 1. The van der Waals surface area contributed by atoms with Gasteiger partial charge in [0.15, 0.2) is 5.82 Å². The van der Waals surface area contributed by atoms with Crippen LogP contribution in [0.25, 0.3) is 11.0 Å². The number of carbonyl (C=O) groups is 1. The minimum atomic E-state index is -0.830. The number of carbonyl (C=O) groups excluding carboxylic acids is 1. The molecule has 0 aliphatic rings. The Hall–Kier alpha value is -2.04. The summed E-state index contributed by atoms with van der Waals surface area (Å²) < 4.78 is 5.07. The number of para-hydroxylation sites is 1. The number of aromatic amines is 1. The van der Waals surface area contributed by atoms with Crippen LogP contribution in [0.2, 0.25) is 0 Å². The highest BCUT2D eigenvalue weighted by atomic mass is 16.5. The summed E-state index contributed by atoms with van der Waals surface area (Å²) in [6.45, 7) is 0. The van der Waals surface area contributed by atoms with Crippen LogP contribution < -0.4 is 10.5 Å². The van der Waals surface area contributed by atoms with Crippen molar-refractivity contribution in [1.29, 1.82) is 0 Å². The zero-order chi connectivity index (χ0) is 10.1. The van der Waals surface area contributed by atoms with Crippen molar-refractivity contribution in [2.45, 2.75) is 0 Å². The Morgan fingerprint density at radius 2 is 2.36 bits per heavy atom. The number of methoxy groups -OCH3 is 1. The van der Waals surface area contributed by atoms with Gasteiger partial charge in [0.25, 0.3) is 0 Å². The fourth-order valence-electron chi connectivity index (χ4n) is 1.28. The Labute approximate surface area is 79.9 Å². The molecule has 2 N–H and O–H groups in total. The molecular weight excluding hydrogens is 182 g/mol. The molecule has 0 spiro atoms. The number of hydrogen-bond acceptors (Lipinski definition) is 3. The summed E-state index contributed by atoms with van der Waals surface area (Å²) >= 11 is 0. The summed E-state index contributed by atoms with van der Waals surface area (Å²) in [6.07, 6.45) is 0. The molecule has 71 valence electrons. The highest BCUT2D eigenvalue weighted by Crippen LogP contribution is 2.22. The maximum atomic E-state index is 10.7. The second-order valence-electron chi connectivity index (χ2n) is 2.77. The van der Waals surface area contributed by atoms with Gasteiger partial charge in [0.05, 0.1) is 12.6 Å². The normalized spacial score (nSPS) is 10.4. The third-order valence-electron chi connectivity index (χ3n) is 1.91. The van der Waals surface area contributed by atoms with Gasteiger partial charge < -0.3 is 9.72 Å². The molecule has 0 unspecified atom stereocenters. The van der Waals surface area contributed by atoms with Gasteiger partial charge in [0.1, 0.15) is 11.3 Å². The van der Waals surface area contributed by atoms with Gasteiger partial charge in [-0.1, -0.05) is 6.07 Å². The molecule has 1 heterocycles. The number of nitrogens with zero attached hydrogens (tertiary/aromatic N) is 1. The quantitative estimate of drug-likeness (QED) is 0.767. The smallest absolute Gasteiger partial charge is 0.305 e. The van der Waals surface area contributed by atoms with Gasteiger partial charge in [-0.25, -0.2) is 4.98 Å². The maximum Gasteiger partial charge on any atom is 0.305 e. The van der Waals surface area contributed by atoms with Gasteiger partial charge in [0.2, 0.25) is 0 Å². The van der Waals surface area contributed by atoms with Crippen LogP contribution in [0.5, 0.6) is 5.75 Å². The van der Waals surface area contributed by atoms with Crippen molar-refractivity contribution < 1.29 is 9.53 Å². The Morgan fingerprint density at radius 3 is 3.00 bits per heavy atom. The molecule has 0 aliphatic heterocycles. The third kappa shape index (κ3) is 1.19. The minimum Gasteiger partial charge on any atom is -0.494 e. The van der Waals surface area contributed by atoms with E-state index in [0.29, 0.717) is 16.8 Å². The van der Waals surface area contributed by atoms with Crippen molar-refractivity contribution in [2.75, 3.05) is 7.11 Å². The first-order valence-corrected chi connectivity index (χ1v) is 4.01. The SMILES string of the molecule is COc1cccc2[nH]c(C([NH])=O)nc12. The lowest BCUT2D eigenvalue weighted by molar-refractivity contribution is 0.0983. The molecule has 0 fully saturated rings. The molecule has 0 bridgehead atoms. The number of amides is 1. The van der Waals surface area contributed by atoms with E-state index < -0.39 is 5.91 Å². The van der Waals surface area contributed by atoms with Crippen molar-refractivity contribution in [3.8, 4) is 5.75 Å². The van der Waals surface area contributed by atoms with E-state index >= 15 is 0 Å². The van der Waals surface area contributed by atoms with Crippen LogP contribution in [0.15, 0.2) is 18.2 Å². The molecule has 14 heavy (non-hydrogen) atoms. The number of benzene rings is 1. The van der Waals surface area contributed by atoms with Gasteiger partial charge >= 0.3 is 5.91 Å². The van der Waals surface area contributed by atoms with E-state index in [1.54, 1.807) is 18.2 Å². The van der Waals surface area contributed by atoms with Crippen LogP contribution in [0.3, 0.4) is 0 Å². The van der Waals surface area contributed by atoms with Crippen LogP contribution in [-0.2, 0) is 0 Å². The zero-order valence-corrected chi connectivity index (χ0v) is 7.50. The number of rotatable bonds is 2. The number of imidazole rings is 1. The first-order valence-electron chi connectivity index (χ1n) is 4.01. The molecule has 2 aromatic rings. The van der Waals surface area contributed by atoms with Gasteiger partial charge in [-0.3, -0.25) is 10.5 Å². The third-order valence-corrected chi connectivity index (χ3v) is 1.91. The van der Waals surface area contributed by atoms with Crippen LogP contribution in [0.4, 0.5) is 0 Å². The molecule has 0 saturated carbocycles. The van der Waals surface area contributed by atoms with Gasteiger partial charge in [-0.15, -0.1) is 0 Å². The topological polar surface area (TPSA) is 78.8 Å². The van der Waals surface area contributed by atoms with E-state index in [4.69, 9.17) is 10.5 Å². The van der Waals surface area contributed by atoms with Gasteiger partial charge in [-0.05, 0) is 12.1 Å². The Kier molecular flexibility index (Phi) is 1.85.